The zero-order valence-electron chi connectivity index (χ0n) is 9.75. The smallest absolute Gasteiger partial charge is 0.146 e. The molecule has 0 spiro atoms. The van der Waals surface area contributed by atoms with Crippen molar-refractivity contribution in [3.05, 3.63) is 47.9 Å². The predicted molar refractivity (Wildman–Crippen MR) is 66.0 cm³/mol. The highest BCUT2D eigenvalue weighted by Crippen LogP contribution is 2.21. The molecule has 0 N–H and O–H groups in total. The Hall–Kier alpha value is -2.41. The first-order valence-electron chi connectivity index (χ1n) is 5.25. The lowest BCUT2D eigenvalue weighted by atomic mass is 10.3. The molecular weight excluding hydrogens is 212 g/mol. The third-order valence-corrected chi connectivity index (χ3v) is 2.43. The standard InChI is InChI=1S/C13H12N4/c1-10-15-11(9-14)8-13(16-10)17(2)12-6-4-3-5-7-12/h3-8H,1-2H3. The van der Waals surface area contributed by atoms with E-state index in [-0.39, 0.29) is 0 Å². The first-order valence-corrected chi connectivity index (χ1v) is 5.25. The van der Waals surface area contributed by atoms with Crippen molar-refractivity contribution in [2.24, 2.45) is 0 Å². The zero-order chi connectivity index (χ0) is 12.3. The summed E-state index contributed by atoms with van der Waals surface area (Å²) in [5.41, 5.74) is 1.41. The summed E-state index contributed by atoms with van der Waals surface area (Å²) in [6, 6.07) is 13.6. The van der Waals surface area contributed by atoms with E-state index in [2.05, 4.69) is 9.97 Å². The summed E-state index contributed by atoms with van der Waals surface area (Å²) in [6.45, 7) is 1.78. The predicted octanol–water partition coefficient (Wildman–Crippen LogP) is 2.42. The molecule has 0 amide bonds. The van der Waals surface area contributed by atoms with Gasteiger partial charge in [-0.2, -0.15) is 5.26 Å². The molecule has 17 heavy (non-hydrogen) atoms. The second-order valence-electron chi connectivity index (χ2n) is 3.66. The van der Waals surface area contributed by atoms with Crippen LogP contribution in [-0.4, -0.2) is 17.0 Å². The molecule has 0 fully saturated rings. The fourth-order valence-electron chi connectivity index (χ4n) is 1.56. The first-order chi connectivity index (χ1) is 8.20. The van der Waals surface area contributed by atoms with Crippen molar-refractivity contribution in [3.63, 3.8) is 0 Å². The van der Waals surface area contributed by atoms with Crippen molar-refractivity contribution in [1.82, 2.24) is 9.97 Å². The Morgan fingerprint density at radius 2 is 1.88 bits per heavy atom. The largest absolute Gasteiger partial charge is 0.329 e. The second kappa shape index (κ2) is 4.62. The van der Waals surface area contributed by atoms with E-state index in [1.807, 2.05) is 48.3 Å². The van der Waals surface area contributed by atoms with Crippen LogP contribution in [0.3, 0.4) is 0 Å². The third kappa shape index (κ3) is 2.40. The maximum absolute atomic E-state index is 8.88. The lowest BCUT2D eigenvalue weighted by molar-refractivity contribution is 1.00. The average molecular weight is 224 g/mol. The van der Waals surface area contributed by atoms with Crippen molar-refractivity contribution in [1.29, 1.82) is 5.26 Å². The average Bonchev–Trinajstić information content (AvgIpc) is 2.38. The minimum atomic E-state index is 0.385. The van der Waals surface area contributed by atoms with Crippen LogP contribution in [0.4, 0.5) is 11.5 Å². The van der Waals surface area contributed by atoms with Crippen molar-refractivity contribution < 1.29 is 0 Å². The molecule has 0 atom stereocenters. The molecule has 1 aromatic heterocycles. The summed E-state index contributed by atoms with van der Waals surface area (Å²) in [5.74, 6) is 1.32. The van der Waals surface area contributed by atoms with Gasteiger partial charge in [0.1, 0.15) is 23.4 Å². The van der Waals surface area contributed by atoms with Gasteiger partial charge in [0, 0.05) is 18.8 Å². The lowest BCUT2D eigenvalue weighted by Gasteiger charge is -2.18. The van der Waals surface area contributed by atoms with Gasteiger partial charge in [-0.3, -0.25) is 0 Å². The molecule has 0 saturated heterocycles. The van der Waals surface area contributed by atoms with Gasteiger partial charge < -0.3 is 4.90 Å². The molecule has 84 valence electrons. The molecule has 4 heteroatoms. The van der Waals surface area contributed by atoms with Gasteiger partial charge in [0.25, 0.3) is 0 Å². The monoisotopic (exact) mass is 224 g/mol. The van der Waals surface area contributed by atoms with Gasteiger partial charge in [-0.1, -0.05) is 18.2 Å². The molecule has 0 saturated carbocycles. The van der Waals surface area contributed by atoms with E-state index < -0.39 is 0 Å². The van der Waals surface area contributed by atoms with Gasteiger partial charge in [0.15, 0.2) is 0 Å². The Morgan fingerprint density at radius 3 is 2.53 bits per heavy atom. The Bertz CT molecular complexity index is 557. The number of aromatic nitrogens is 2. The highest BCUT2D eigenvalue weighted by Gasteiger charge is 2.07. The van der Waals surface area contributed by atoms with Crippen LogP contribution in [-0.2, 0) is 0 Å². The van der Waals surface area contributed by atoms with Crippen LogP contribution in [0.5, 0.6) is 0 Å². The molecule has 0 aliphatic rings. The SMILES string of the molecule is Cc1nc(C#N)cc(N(C)c2ccccc2)n1. The first kappa shape index (κ1) is 11.1. The Labute approximate surface area is 100 Å². The number of aryl methyl sites for hydroxylation is 1. The molecule has 1 aromatic carbocycles. The van der Waals surface area contributed by atoms with Crippen molar-refractivity contribution >= 4 is 11.5 Å². The van der Waals surface area contributed by atoms with Crippen LogP contribution in [0.1, 0.15) is 11.5 Å². The van der Waals surface area contributed by atoms with E-state index in [4.69, 9.17) is 5.26 Å². The number of anilines is 2. The second-order valence-corrected chi connectivity index (χ2v) is 3.66. The quantitative estimate of drug-likeness (QED) is 0.786. The summed E-state index contributed by atoms with van der Waals surface area (Å²) in [7, 11) is 1.91. The van der Waals surface area contributed by atoms with Crippen LogP contribution in [0.2, 0.25) is 0 Å². The van der Waals surface area contributed by atoms with Crippen molar-refractivity contribution in [3.8, 4) is 6.07 Å². The number of hydrogen-bond acceptors (Lipinski definition) is 4. The van der Waals surface area contributed by atoms with Crippen LogP contribution in [0, 0.1) is 18.3 Å². The zero-order valence-corrected chi connectivity index (χ0v) is 9.75. The van der Waals surface area contributed by atoms with E-state index >= 15 is 0 Å². The van der Waals surface area contributed by atoms with Gasteiger partial charge in [-0.25, -0.2) is 9.97 Å². The van der Waals surface area contributed by atoms with E-state index in [1.54, 1.807) is 13.0 Å². The van der Waals surface area contributed by atoms with E-state index in [9.17, 15) is 0 Å². The van der Waals surface area contributed by atoms with Crippen LogP contribution in [0.25, 0.3) is 0 Å². The minimum Gasteiger partial charge on any atom is -0.329 e. The fourth-order valence-corrected chi connectivity index (χ4v) is 1.56. The van der Waals surface area contributed by atoms with Gasteiger partial charge in [0.05, 0.1) is 0 Å². The van der Waals surface area contributed by atoms with Crippen LogP contribution in [0.15, 0.2) is 36.4 Å². The summed E-state index contributed by atoms with van der Waals surface area (Å²) in [6.07, 6.45) is 0. The minimum absolute atomic E-state index is 0.385. The van der Waals surface area contributed by atoms with Gasteiger partial charge in [-0.15, -0.1) is 0 Å². The number of rotatable bonds is 2. The molecule has 4 nitrogen and oxygen atoms in total. The van der Waals surface area contributed by atoms with Gasteiger partial charge in [-0.05, 0) is 19.1 Å². The van der Waals surface area contributed by atoms with Crippen LogP contribution >= 0.6 is 0 Å². The van der Waals surface area contributed by atoms with Crippen molar-refractivity contribution in [2.75, 3.05) is 11.9 Å². The molecule has 0 unspecified atom stereocenters. The highest BCUT2D eigenvalue weighted by molar-refractivity contribution is 5.59. The Morgan fingerprint density at radius 1 is 1.18 bits per heavy atom. The molecule has 0 aliphatic heterocycles. The maximum atomic E-state index is 8.88. The number of hydrogen-bond donors (Lipinski definition) is 0. The molecule has 0 bridgehead atoms. The fraction of sp³-hybridized carbons (Fsp3) is 0.154. The van der Waals surface area contributed by atoms with Gasteiger partial charge >= 0.3 is 0 Å². The number of nitriles is 1. The molecule has 2 rings (SSSR count). The lowest BCUT2D eigenvalue weighted by Crippen LogP contribution is -2.12. The summed E-state index contributed by atoms with van der Waals surface area (Å²) in [5, 5.41) is 8.88. The third-order valence-electron chi connectivity index (χ3n) is 2.43. The Balaban J connectivity index is 2.41. The number of benzene rings is 1. The van der Waals surface area contributed by atoms with Gasteiger partial charge in [0.2, 0.25) is 0 Å². The van der Waals surface area contributed by atoms with E-state index in [1.165, 1.54) is 0 Å². The maximum Gasteiger partial charge on any atom is 0.146 e. The number of para-hydroxylation sites is 1. The van der Waals surface area contributed by atoms with E-state index in [0.717, 1.165) is 11.5 Å². The molecule has 0 aliphatic carbocycles. The molecule has 0 radical (unpaired) electrons. The van der Waals surface area contributed by atoms with E-state index in [0.29, 0.717) is 11.5 Å². The van der Waals surface area contributed by atoms with Crippen LogP contribution < -0.4 is 4.90 Å². The summed E-state index contributed by atoms with van der Waals surface area (Å²) < 4.78 is 0. The van der Waals surface area contributed by atoms with Crippen molar-refractivity contribution in [2.45, 2.75) is 6.92 Å². The molecule has 1 heterocycles. The topological polar surface area (TPSA) is 52.8 Å². The number of nitrogens with zero attached hydrogens (tertiary/aromatic N) is 4. The summed E-state index contributed by atoms with van der Waals surface area (Å²) in [4.78, 5) is 10.3. The molecule has 2 aromatic rings. The molecular formula is C13H12N4. The Kier molecular flexibility index (Phi) is 3.01. The summed E-state index contributed by atoms with van der Waals surface area (Å²) >= 11 is 0. The highest BCUT2D eigenvalue weighted by atomic mass is 15.2. The normalized spacial score (nSPS) is 9.71.